The number of halogens is 1. The Hall–Kier alpha value is -1.47. The van der Waals surface area contributed by atoms with Crippen molar-refractivity contribution in [2.45, 2.75) is 18.9 Å². The summed E-state index contributed by atoms with van der Waals surface area (Å²) in [5, 5.41) is 5.01. The van der Waals surface area contributed by atoms with Crippen molar-refractivity contribution < 1.29 is 4.79 Å². The minimum atomic E-state index is -0.0160. The molecule has 5 nitrogen and oxygen atoms in total. The van der Waals surface area contributed by atoms with Crippen LogP contribution in [0.2, 0.25) is 0 Å². The van der Waals surface area contributed by atoms with Crippen molar-refractivity contribution in [3.05, 3.63) is 39.3 Å². The van der Waals surface area contributed by atoms with Gasteiger partial charge in [-0.1, -0.05) is 0 Å². The van der Waals surface area contributed by atoms with E-state index in [-0.39, 0.29) is 11.9 Å². The van der Waals surface area contributed by atoms with Crippen LogP contribution in [-0.2, 0) is 0 Å². The van der Waals surface area contributed by atoms with Crippen molar-refractivity contribution in [3.8, 4) is 0 Å². The number of amides is 1. The van der Waals surface area contributed by atoms with Gasteiger partial charge in [0, 0.05) is 36.0 Å². The summed E-state index contributed by atoms with van der Waals surface area (Å²) in [5.41, 5.74) is 0. The number of hydrogen-bond donors (Lipinski definition) is 1. The molecule has 3 heterocycles. The zero-order valence-corrected chi connectivity index (χ0v) is 13.7. The van der Waals surface area contributed by atoms with Gasteiger partial charge >= 0.3 is 0 Å². The maximum Gasteiger partial charge on any atom is 0.262 e. The summed E-state index contributed by atoms with van der Waals surface area (Å²) in [4.78, 5) is 23.7. The fourth-order valence-corrected chi connectivity index (χ4v) is 3.89. The molecule has 0 aliphatic carbocycles. The van der Waals surface area contributed by atoms with Gasteiger partial charge in [0.25, 0.3) is 5.91 Å². The lowest BCUT2D eigenvalue weighted by molar-refractivity contribution is 0.0936. The highest BCUT2D eigenvalue weighted by molar-refractivity contribution is 9.10. The molecule has 1 fully saturated rings. The fourth-order valence-electron chi connectivity index (χ4n) is 2.44. The van der Waals surface area contributed by atoms with Gasteiger partial charge in [-0.2, -0.15) is 0 Å². The number of rotatable bonds is 3. The summed E-state index contributed by atoms with van der Waals surface area (Å²) in [6.45, 7) is 1.68. The van der Waals surface area contributed by atoms with Gasteiger partial charge in [0.05, 0.1) is 0 Å². The Labute approximate surface area is 135 Å². The average Bonchev–Trinajstić information content (AvgIpc) is 2.95. The van der Waals surface area contributed by atoms with E-state index in [9.17, 15) is 4.79 Å². The number of nitrogens with one attached hydrogen (secondary N) is 1. The van der Waals surface area contributed by atoms with Crippen molar-refractivity contribution in [2.75, 3.05) is 18.0 Å². The van der Waals surface area contributed by atoms with E-state index in [0.29, 0.717) is 0 Å². The molecule has 1 atom stereocenters. The molecule has 0 aromatic carbocycles. The SMILES string of the molecule is O=C(NC1CCCN(c2ncccn2)C1)c1sccc1Br. The van der Waals surface area contributed by atoms with Crippen molar-refractivity contribution in [3.63, 3.8) is 0 Å². The van der Waals surface area contributed by atoms with E-state index in [1.165, 1.54) is 11.3 Å². The highest BCUT2D eigenvalue weighted by atomic mass is 79.9. The normalized spacial score (nSPS) is 18.5. The van der Waals surface area contributed by atoms with Crippen molar-refractivity contribution in [1.82, 2.24) is 15.3 Å². The Kier molecular flexibility index (Phi) is 4.50. The Morgan fingerprint density at radius 1 is 1.43 bits per heavy atom. The Bertz CT molecular complexity index is 618. The average molecular weight is 367 g/mol. The zero-order valence-electron chi connectivity index (χ0n) is 11.3. The van der Waals surface area contributed by atoms with Gasteiger partial charge in [-0.05, 0) is 46.3 Å². The van der Waals surface area contributed by atoms with E-state index in [1.54, 1.807) is 18.5 Å². The molecule has 2 aromatic heterocycles. The Morgan fingerprint density at radius 2 is 2.24 bits per heavy atom. The van der Waals surface area contributed by atoms with Crippen LogP contribution in [0, 0.1) is 0 Å². The largest absolute Gasteiger partial charge is 0.347 e. The van der Waals surface area contributed by atoms with Crippen LogP contribution in [0.15, 0.2) is 34.4 Å². The smallest absolute Gasteiger partial charge is 0.262 e. The molecular formula is C14H15BrN4OS. The second-order valence-electron chi connectivity index (χ2n) is 4.91. The fraction of sp³-hybridized carbons (Fsp3) is 0.357. The lowest BCUT2D eigenvalue weighted by Crippen LogP contribution is -2.48. The van der Waals surface area contributed by atoms with Crippen molar-refractivity contribution in [2.24, 2.45) is 0 Å². The standard InChI is InChI=1S/C14H15BrN4OS/c15-11-4-8-21-12(11)13(20)18-10-3-1-7-19(9-10)14-16-5-2-6-17-14/h2,4-6,8,10H,1,3,7,9H2,(H,18,20). The van der Waals surface area contributed by atoms with Crippen LogP contribution in [0.25, 0.3) is 0 Å². The van der Waals surface area contributed by atoms with Gasteiger partial charge in [0.15, 0.2) is 0 Å². The van der Waals surface area contributed by atoms with Gasteiger partial charge in [0.2, 0.25) is 5.95 Å². The van der Waals surface area contributed by atoms with Gasteiger partial charge in [-0.15, -0.1) is 11.3 Å². The highest BCUT2D eigenvalue weighted by Crippen LogP contribution is 2.23. The second-order valence-corrected chi connectivity index (χ2v) is 6.68. The number of nitrogens with zero attached hydrogens (tertiary/aromatic N) is 3. The number of carbonyl (C=O) groups excluding carboxylic acids is 1. The second kappa shape index (κ2) is 6.53. The lowest BCUT2D eigenvalue weighted by atomic mass is 10.1. The van der Waals surface area contributed by atoms with Crippen LogP contribution in [-0.4, -0.2) is 35.0 Å². The molecule has 1 aliphatic heterocycles. The third-order valence-electron chi connectivity index (χ3n) is 3.42. The molecule has 110 valence electrons. The number of anilines is 1. The molecule has 1 saturated heterocycles. The van der Waals surface area contributed by atoms with Crippen LogP contribution >= 0.6 is 27.3 Å². The third-order valence-corrected chi connectivity index (χ3v) is 5.25. The topological polar surface area (TPSA) is 58.1 Å². The van der Waals surface area contributed by atoms with Crippen LogP contribution in [0.1, 0.15) is 22.5 Å². The molecule has 1 aliphatic rings. The van der Waals surface area contributed by atoms with Gasteiger partial charge < -0.3 is 10.2 Å². The van der Waals surface area contributed by atoms with E-state index in [2.05, 4.69) is 36.1 Å². The molecule has 1 N–H and O–H groups in total. The predicted molar refractivity (Wildman–Crippen MR) is 86.8 cm³/mol. The van der Waals surface area contributed by atoms with Crippen molar-refractivity contribution in [1.29, 1.82) is 0 Å². The third kappa shape index (κ3) is 3.41. The summed E-state index contributed by atoms with van der Waals surface area (Å²) in [5.74, 6) is 0.714. The summed E-state index contributed by atoms with van der Waals surface area (Å²) in [7, 11) is 0. The number of hydrogen-bond acceptors (Lipinski definition) is 5. The van der Waals surface area contributed by atoms with E-state index in [1.807, 2.05) is 11.4 Å². The van der Waals surface area contributed by atoms with Gasteiger partial charge in [0.1, 0.15) is 4.88 Å². The first kappa shape index (κ1) is 14.5. The van der Waals surface area contributed by atoms with Crippen LogP contribution in [0.3, 0.4) is 0 Å². The monoisotopic (exact) mass is 366 g/mol. The number of piperidine rings is 1. The molecule has 21 heavy (non-hydrogen) atoms. The maximum absolute atomic E-state index is 12.3. The minimum Gasteiger partial charge on any atom is -0.347 e. The highest BCUT2D eigenvalue weighted by Gasteiger charge is 2.24. The van der Waals surface area contributed by atoms with E-state index < -0.39 is 0 Å². The summed E-state index contributed by atoms with van der Waals surface area (Å²) >= 11 is 4.85. The zero-order chi connectivity index (χ0) is 14.7. The Morgan fingerprint density at radius 3 is 2.95 bits per heavy atom. The molecule has 3 rings (SSSR count). The molecule has 1 amide bonds. The van der Waals surface area contributed by atoms with Crippen molar-refractivity contribution >= 4 is 39.1 Å². The van der Waals surface area contributed by atoms with E-state index in [4.69, 9.17) is 0 Å². The van der Waals surface area contributed by atoms with Gasteiger partial charge in [-0.3, -0.25) is 4.79 Å². The summed E-state index contributed by atoms with van der Waals surface area (Å²) < 4.78 is 0.851. The summed E-state index contributed by atoms with van der Waals surface area (Å²) in [6.07, 6.45) is 5.49. The number of thiophene rings is 1. The molecule has 0 bridgehead atoms. The first-order chi connectivity index (χ1) is 10.2. The minimum absolute atomic E-state index is 0.0160. The van der Waals surface area contributed by atoms with E-state index >= 15 is 0 Å². The number of aromatic nitrogens is 2. The molecule has 2 aromatic rings. The molecule has 0 radical (unpaired) electrons. The van der Waals surface area contributed by atoms with Crippen LogP contribution in [0.4, 0.5) is 5.95 Å². The molecule has 0 saturated carbocycles. The lowest BCUT2D eigenvalue weighted by Gasteiger charge is -2.33. The van der Waals surface area contributed by atoms with Crippen LogP contribution < -0.4 is 10.2 Å². The Balaban J connectivity index is 1.64. The molecule has 7 heteroatoms. The molecule has 0 spiro atoms. The first-order valence-corrected chi connectivity index (χ1v) is 8.47. The number of carbonyl (C=O) groups is 1. The molecular weight excluding hydrogens is 352 g/mol. The molecule has 1 unspecified atom stereocenters. The maximum atomic E-state index is 12.3. The van der Waals surface area contributed by atoms with Gasteiger partial charge in [-0.25, -0.2) is 9.97 Å². The quantitative estimate of drug-likeness (QED) is 0.906. The summed E-state index contributed by atoms with van der Waals surface area (Å²) in [6, 6.07) is 3.83. The first-order valence-electron chi connectivity index (χ1n) is 6.80. The predicted octanol–water partition coefficient (Wildman–Crippen LogP) is 2.70. The van der Waals surface area contributed by atoms with E-state index in [0.717, 1.165) is 41.2 Å². The van der Waals surface area contributed by atoms with Crippen LogP contribution in [0.5, 0.6) is 0 Å².